The minimum Gasteiger partial charge on any atom is -0.0379 e. The van der Waals surface area contributed by atoms with E-state index in [1.165, 1.54) is 197 Å². The van der Waals surface area contributed by atoms with Gasteiger partial charge in [-0.3, -0.25) is 55.1 Å². The zero-order chi connectivity index (χ0) is 43.0. The van der Waals surface area contributed by atoms with E-state index in [1.807, 2.05) is 37.7 Å². The molecule has 0 amide bonds. The standard InChI is InChI=1S/C10H21N2.C9H16N2.C7H13N3.C7H12N2.C5H13N3.BH2N.BH2.BH.U/c1-2-3-7-12-8-4-11(5-9-12)6-10-12;1-2-5-9-10-6-4-8-11(9)7-3-1;1-3-8-7-9-4-2-6-10(7)5-1;1-3-7-8-4-2-6-9(7)5-1;1-7(2)5(6)8(3)4;1-2;;;/h2-10H2,1H3;1-8H2;1-6H2,(H,8,9);1-6H2;6H,1-4H3;1-2H;1H2;1H;/q+1;;;;;;;;/p+4/i;;;;;1D;1TD;1D;. The van der Waals surface area contributed by atoms with Crippen LogP contribution in [0.4, 0.5) is 0 Å². The molecule has 3 radical (unpaired) electrons. The molecular weight excluding hydrogens is 909 g/mol. The predicted octanol–water partition coefficient (Wildman–Crippen LogP) is -1.36. The van der Waals surface area contributed by atoms with E-state index < -0.39 is 0 Å². The Hall–Kier alpha value is -1.55. The van der Waals surface area contributed by atoms with Crippen LogP contribution in [0.3, 0.4) is 0 Å². The molecule has 0 unspecified atom stereocenters. The van der Waals surface area contributed by atoms with Gasteiger partial charge < -0.3 is 4.48 Å². The molecule has 9 aliphatic heterocycles. The number of nitrogens with one attached hydrogen (secondary N) is 5. The summed E-state index contributed by atoms with van der Waals surface area (Å²) in [6.45, 7) is 24.5. The first-order chi connectivity index (χ1) is 28.1. The molecule has 309 valence electrons. The maximum absolute atomic E-state index is 5.75. The fourth-order valence-electron chi connectivity index (χ4n) is 8.23. The van der Waals surface area contributed by atoms with Crippen molar-refractivity contribution in [3.8, 4) is 0 Å². The Morgan fingerprint density at radius 1 is 0.873 bits per heavy atom. The van der Waals surface area contributed by atoms with Crippen molar-refractivity contribution in [2.75, 3.05) is 139 Å². The molecule has 9 heterocycles. The molecule has 9 aliphatic rings. The molecule has 0 aromatic rings. The Labute approximate surface area is 370 Å². The summed E-state index contributed by atoms with van der Waals surface area (Å²) in [6, 6.07) is 0. The maximum atomic E-state index is 5.75. The third-order valence-corrected chi connectivity index (χ3v) is 11.5. The monoisotopic (exact) mass is 999 g/mol. The molecule has 55 heavy (non-hydrogen) atoms. The van der Waals surface area contributed by atoms with Crippen molar-refractivity contribution in [3.05, 3.63) is 0 Å². The number of rotatable bonds is 3. The fraction of sp³-hybridized carbons (Fsp3) is 0.895. The molecule has 0 aromatic carbocycles. The van der Waals surface area contributed by atoms with Crippen LogP contribution in [0, 0.1) is 36.4 Å². The van der Waals surface area contributed by atoms with Gasteiger partial charge in [-0.1, -0.05) is 13.3 Å². The van der Waals surface area contributed by atoms with E-state index in [2.05, 4.69) is 55.2 Å². The summed E-state index contributed by atoms with van der Waals surface area (Å²) in [5.74, 6) is 5.05. The third kappa shape index (κ3) is 19.2. The smallest absolute Gasteiger partial charge is 0.0379 e. The second-order valence-electron chi connectivity index (χ2n) is 15.8. The largest absolute Gasteiger partial charge is 0.0643 e. The topological polar surface area (TPSA) is 117 Å². The van der Waals surface area contributed by atoms with Gasteiger partial charge in [-0.2, -0.15) is 0 Å². The van der Waals surface area contributed by atoms with Crippen LogP contribution in [-0.2, 0) is 0 Å². The van der Waals surface area contributed by atoms with E-state index in [0.29, 0.717) is 15.9 Å². The molecule has 3 saturated heterocycles. The Kier molecular flexibility index (Phi) is 25.6. The van der Waals surface area contributed by atoms with Crippen molar-refractivity contribution < 1.29 is 53.9 Å². The van der Waals surface area contributed by atoms with Crippen LogP contribution in [-0.4, -0.2) is 225 Å². The molecule has 0 spiro atoms. The van der Waals surface area contributed by atoms with Gasteiger partial charge in [0.2, 0.25) is 11.7 Å². The number of nitrogens with zero attached hydrogens (tertiary/aromatic N) is 7. The number of hydrogen-bond acceptors (Lipinski definition) is 6. The van der Waals surface area contributed by atoms with E-state index in [1.54, 1.807) is 0 Å². The van der Waals surface area contributed by atoms with Crippen molar-refractivity contribution >= 4 is 47.9 Å². The number of unbranched alkanes of at least 4 members (excludes halogenated alkanes) is 1. The summed E-state index contributed by atoms with van der Waals surface area (Å²) in [4.78, 5) is 4.48. The van der Waals surface area contributed by atoms with Crippen LogP contribution in [0.15, 0.2) is 0 Å². The van der Waals surface area contributed by atoms with Gasteiger partial charge in [0.05, 0.1) is 135 Å². The minimum absolute atomic E-state index is 0. The van der Waals surface area contributed by atoms with Gasteiger partial charge in [-0.05, 0) is 36.1 Å². The fourth-order valence-corrected chi connectivity index (χ4v) is 8.23. The Morgan fingerprint density at radius 3 is 1.75 bits per heavy atom. The maximum Gasteiger partial charge on any atom is 0.0643 e. The van der Waals surface area contributed by atoms with E-state index in [9.17, 15) is 0 Å². The number of quaternary nitrogens is 1. The first-order valence-electron chi connectivity index (χ1n) is 23.2. The van der Waals surface area contributed by atoms with E-state index in [-0.39, 0.29) is 31.1 Å². The first kappa shape index (κ1) is 46.1. The number of guanidine groups is 2. The second-order valence-corrected chi connectivity index (χ2v) is 15.8. The molecule has 7 N–H and O–H groups in total. The molecule has 0 aromatic heterocycles. The van der Waals surface area contributed by atoms with E-state index >= 15 is 0 Å². The number of nitrogens with two attached hydrogens (primary N) is 1. The molecule has 13 nitrogen and oxygen atoms in total. The Morgan fingerprint density at radius 2 is 1.31 bits per heavy atom. The molecule has 0 aliphatic carbocycles. The van der Waals surface area contributed by atoms with Gasteiger partial charge in [0.15, 0.2) is 0 Å². The SMILES string of the molecule is C1CCC2=[N+](CC1)CCCN2.C1CNC2=[N+](C1)CCC2.C1CNC2=[N+](C1)CCCN2.CCCC[N+]12CCN(CC1)CC2.CN(C)C(N)=[N+](C)C.[2H]B=N.[2H][B].[2H][B][3H].[U]. The summed E-state index contributed by atoms with van der Waals surface area (Å²) >= 11 is 0. The van der Waals surface area contributed by atoms with Gasteiger partial charge >= 0.3 is 26.2 Å². The van der Waals surface area contributed by atoms with Gasteiger partial charge in [-0.15, -0.1) is 0 Å². The molecule has 2 bridgehead atoms. The zero-order valence-electron chi connectivity index (χ0n) is 39.9. The van der Waals surface area contributed by atoms with Crippen LogP contribution in [0.5, 0.6) is 0 Å². The third-order valence-electron chi connectivity index (χ3n) is 11.5. The second kappa shape index (κ2) is 30.5. The van der Waals surface area contributed by atoms with Crippen molar-refractivity contribution in [2.45, 2.75) is 84.0 Å². The molecule has 3 fully saturated rings. The minimum atomic E-state index is 0. The molecule has 0 atom stereocenters. The average molecular weight is 999 g/mol. The van der Waals surface area contributed by atoms with E-state index in [0.717, 1.165) is 19.0 Å². The van der Waals surface area contributed by atoms with Crippen molar-refractivity contribution in [1.82, 2.24) is 31.1 Å². The summed E-state index contributed by atoms with van der Waals surface area (Å²) < 4.78 is 33.2. The average Bonchev–Trinajstić information content (AvgIpc) is 3.62. The molecule has 0 saturated carbocycles. The normalized spacial score (nSPS) is 24.4. The summed E-state index contributed by atoms with van der Waals surface area (Å²) in [6.07, 6.45) is 16.2. The van der Waals surface area contributed by atoms with Crippen molar-refractivity contribution in [3.63, 3.8) is 0 Å². The van der Waals surface area contributed by atoms with Crippen LogP contribution in [0.2, 0.25) is 0 Å². The zero-order valence-corrected chi connectivity index (χ0v) is 40.1. The van der Waals surface area contributed by atoms with Crippen LogP contribution in [0.25, 0.3) is 0 Å². The van der Waals surface area contributed by atoms with Crippen LogP contribution < -0.4 is 27.0 Å². The van der Waals surface area contributed by atoms with Crippen molar-refractivity contribution in [1.29, 1.82) is 10.7 Å². The predicted molar refractivity (Wildman–Crippen MR) is 235 cm³/mol. The number of piperazine rings is 3. The van der Waals surface area contributed by atoms with Crippen molar-refractivity contribution in [2.24, 2.45) is 5.73 Å². The number of fused-ring (bicyclic) bond motifs is 3. The van der Waals surface area contributed by atoms with E-state index in [4.69, 9.17) is 16.4 Å². The van der Waals surface area contributed by atoms with Gasteiger partial charge in [0, 0.05) is 91.2 Å². The summed E-state index contributed by atoms with van der Waals surface area (Å²) in [5, 5.41) is 19.4. The number of hydrogen-bond donors (Lipinski definition) is 6. The van der Waals surface area contributed by atoms with Gasteiger partial charge in [0.25, 0.3) is 0 Å². The summed E-state index contributed by atoms with van der Waals surface area (Å²) in [5.41, 5.74) is 5.53. The van der Waals surface area contributed by atoms with Crippen LogP contribution >= 0.6 is 0 Å². The Bertz CT molecular complexity index is 1170. The quantitative estimate of drug-likeness (QED) is 0.0682. The first-order valence-corrected chi connectivity index (χ1v) is 20.9. The Balaban J connectivity index is 0.000000683. The van der Waals surface area contributed by atoms with Gasteiger partial charge in [0.1, 0.15) is 0 Å². The van der Waals surface area contributed by atoms with Crippen LogP contribution in [0.1, 0.15) is 84.0 Å². The van der Waals surface area contributed by atoms with Gasteiger partial charge in [-0.25, -0.2) is 0 Å². The molecule has 17 heteroatoms. The summed E-state index contributed by atoms with van der Waals surface area (Å²) in [7, 11) is 12.4. The molecule has 9 rings (SSSR count). The molecular formula is C38H84B3N13U+5. The number of amidine groups is 2.